The summed E-state index contributed by atoms with van der Waals surface area (Å²) in [6, 6.07) is 0.308. The predicted molar refractivity (Wildman–Crippen MR) is 51.3 cm³/mol. The number of hydrogen-bond donors (Lipinski definition) is 2. The van der Waals surface area contributed by atoms with Gasteiger partial charge in [0.15, 0.2) is 0 Å². The number of rotatable bonds is 3. The number of aliphatic hydroxyl groups is 1. The summed E-state index contributed by atoms with van der Waals surface area (Å²) in [6.45, 7) is 2.00. The molecule has 3 nitrogen and oxygen atoms in total. The normalized spacial score (nSPS) is 28.5. The molecule has 0 bridgehead atoms. The molecule has 0 aromatic rings. The van der Waals surface area contributed by atoms with Crippen molar-refractivity contribution in [2.24, 2.45) is 0 Å². The zero-order chi connectivity index (χ0) is 9.68. The molecule has 13 heavy (non-hydrogen) atoms. The van der Waals surface area contributed by atoms with Crippen molar-refractivity contribution >= 4 is 5.91 Å². The van der Waals surface area contributed by atoms with E-state index in [1.165, 1.54) is 0 Å². The molecule has 2 N–H and O–H groups in total. The van der Waals surface area contributed by atoms with Crippen molar-refractivity contribution in [1.82, 2.24) is 5.32 Å². The summed E-state index contributed by atoms with van der Waals surface area (Å²) >= 11 is 0. The number of carbonyl (C=O) groups excluding carboxylic acids is 1. The van der Waals surface area contributed by atoms with Crippen LogP contribution in [0.3, 0.4) is 0 Å². The molecule has 1 aliphatic rings. The highest BCUT2D eigenvalue weighted by Crippen LogP contribution is 2.18. The Kier molecular flexibility index (Phi) is 4.22. The Morgan fingerprint density at radius 3 is 2.54 bits per heavy atom. The molecule has 0 atom stereocenters. The van der Waals surface area contributed by atoms with Crippen molar-refractivity contribution in [3.63, 3.8) is 0 Å². The summed E-state index contributed by atoms with van der Waals surface area (Å²) in [4.78, 5) is 11.2. The van der Waals surface area contributed by atoms with Crippen molar-refractivity contribution in [1.29, 1.82) is 0 Å². The Hall–Kier alpha value is -0.570. The monoisotopic (exact) mass is 185 g/mol. The minimum Gasteiger partial charge on any atom is -0.393 e. The molecule has 0 radical (unpaired) electrons. The molecule has 1 fully saturated rings. The third kappa shape index (κ3) is 3.77. The van der Waals surface area contributed by atoms with Crippen LogP contribution in [0.5, 0.6) is 0 Å². The van der Waals surface area contributed by atoms with E-state index in [0.29, 0.717) is 12.5 Å². The van der Waals surface area contributed by atoms with E-state index in [2.05, 4.69) is 5.32 Å². The van der Waals surface area contributed by atoms with Gasteiger partial charge in [0.05, 0.1) is 6.10 Å². The van der Waals surface area contributed by atoms with E-state index in [0.717, 1.165) is 32.1 Å². The predicted octanol–water partition coefficient (Wildman–Crippen LogP) is 1.21. The van der Waals surface area contributed by atoms with Crippen LogP contribution in [0.25, 0.3) is 0 Å². The van der Waals surface area contributed by atoms with Gasteiger partial charge in [-0.05, 0) is 32.1 Å². The second-order valence-electron chi connectivity index (χ2n) is 3.82. The third-order valence-electron chi connectivity index (χ3n) is 2.54. The molecule has 0 aromatic heterocycles. The van der Waals surface area contributed by atoms with Gasteiger partial charge in [-0.1, -0.05) is 6.92 Å². The SMILES string of the molecule is CCCC(=O)N[C@H]1CC[C@H](O)CC1. The van der Waals surface area contributed by atoms with Gasteiger partial charge in [-0.15, -0.1) is 0 Å². The zero-order valence-corrected chi connectivity index (χ0v) is 8.25. The number of hydrogen-bond acceptors (Lipinski definition) is 2. The lowest BCUT2D eigenvalue weighted by Crippen LogP contribution is -2.38. The van der Waals surface area contributed by atoms with E-state index < -0.39 is 0 Å². The topological polar surface area (TPSA) is 49.3 Å². The molecule has 3 heteroatoms. The van der Waals surface area contributed by atoms with Crippen LogP contribution in [-0.4, -0.2) is 23.2 Å². The van der Waals surface area contributed by atoms with Gasteiger partial charge in [0.25, 0.3) is 0 Å². The number of nitrogens with one attached hydrogen (secondary N) is 1. The Morgan fingerprint density at radius 1 is 1.38 bits per heavy atom. The van der Waals surface area contributed by atoms with E-state index in [1.54, 1.807) is 0 Å². The summed E-state index contributed by atoms with van der Waals surface area (Å²) in [5, 5.41) is 12.2. The fraction of sp³-hybridized carbons (Fsp3) is 0.900. The highest BCUT2D eigenvalue weighted by Gasteiger charge is 2.20. The van der Waals surface area contributed by atoms with Crippen LogP contribution in [0, 0.1) is 0 Å². The molecule has 1 aliphatic carbocycles. The van der Waals surface area contributed by atoms with Gasteiger partial charge in [0.2, 0.25) is 5.91 Å². The van der Waals surface area contributed by atoms with Crippen LogP contribution in [-0.2, 0) is 4.79 Å². The van der Waals surface area contributed by atoms with Gasteiger partial charge in [-0.2, -0.15) is 0 Å². The van der Waals surface area contributed by atoms with Crippen molar-refractivity contribution < 1.29 is 9.90 Å². The fourth-order valence-corrected chi connectivity index (χ4v) is 1.75. The minimum absolute atomic E-state index is 0.140. The van der Waals surface area contributed by atoms with Gasteiger partial charge in [-0.25, -0.2) is 0 Å². The summed E-state index contributed by atoms with van der Waals surface area (Å²) in [6.07, 6.45) is 4.90. The zero-order valence-electron chi connectivity index (χ0n) is 8.25. The quantitative estimate of drug-likeness (QED) is 0.694. The van der Waals surface area contributed by atoms with Gasteiger partial charge >= 0.3 is 0 Å². The van der Waals surface area contributed by atoms with Gasteiger partial charge in [0.1, 0.15) is 0 Å². The van der Waals surface area contributed by atoms with E-state index in [4.69, 9.17) is 0 Å². The molecule has 0 aliphatic heterocycles. The first kappa shape index (κ1) is 10.5. The molecule has 76 valence electrons. The van der Waals surface area contributed by atoms with Crippen LogP contribution in [0.1, 0.15) is 45.4 Å². The summed E-state index contributed by atoms with van der Waals surface area (Å²) < 4.78 is 0. The van der Waals surface area contributed by atoms with Crippen LogP contribution >= 0.6 is 0 Å². The van der Waals surface area contributed by atoms with Crippen LogP contribution in [0.2, 0.25) is 0 Å². The van der Waals surface area contributed by atoms with Gasteiger partial charge in [-0.3, -0.25) is 4.79 Å². The lowest BCUT2D eigenvalue weighted by Gasteiger charge is -2.26. The van der Waals surface area contributed by atoms with E-state index >= 15 is 0 Å². The Balaban J connectivity index is 2.18. The first-order valence-corrected chi connectivity index (χ1v) is 5.19. The standard InChI is InChI=1S/C10H19NO2/c1-2-3-10(13)11-8-4-6-9(12)7-5-8/h8-9,12H,2-7H2,1H3,(H,11,13)/t8-,9-. The Bertz CT molecular complexity index is 162. The smallest absolute Gasteiger partial charge is 0.220 e. The minimum atomic E-state index is -0.140. The second kappa shape index (κ2) is 5.22. The molecule has 0 aromatic carbocycles. The summed E-state index contributed by atoms with van der Waals surface area (Å²) in [5.74, 6) is 0.156. The maximum Gasteiger partial charge on any atom is 0.220 e. The van der Waals surface area contributed by atoms with E-state index in [-0.39, 0.29) is 12.0 Å². The average molecular weight is 185 g/mol. The molecule has 0 unspecified atom stereocenters. The lowest BCUT2D eigenvalue weighted by molar-refractivity contribution is -0.122. The van der Waals surface area contributed by atoms with E-state index in [1.807, 2.05) is 6.92 Å². The highest BCUT2D eigenvalue weighted by molar-refractivity contribution is 5.76. The second-order valence-corrected chi connectivity index (χ2v) is 3.82. The maximum atomic E-state index is 11.2. The van der Waals surface area contributed by atoms with Crippen molar-refractivity contribution in [2.75, 3.05) is 0 Å². The number of carbonyl (C=O) groups is 1. The summed E-state index contributed by atoms with van der Waals surface area (Å²) in [5.41, 5.74) is 0. The molecular formula is C10H19NO2. The lowest BCUT2D eigenvalue weighted by atomic mass is 9.93. The number of aliphatic hydroxyl groups excluding tert-OH is 1. The number of amides is 1. The Labute approximate surface area is 79.5 Å². The van der Waals surface area contributed by atoms with Gasteiger partial charge in [0, 0.05) is 12.5 Å². The third-order valence-corrected chi connectivity index (χ3v) is 2.54. The van der Waals surface area contributed by atoms with E-state index in [9.17, 15) is 9.90 Å². The van der Waals surface area contributed by atoms with Crippen LogP contribution in [0.4, 0.5) is 0 Å². The van der Waals surface area contributed by atoms with Crippen molar-refractivity contribution in [3.05, 3.63) is 0 Å². The molecule has 0 saturated heterocycles. The fourth-order valence-electron chi connectivity index (χ4n) is 1.75. The first-order valence-electron chi connectivity index (χ1n) is 5.19. The Morgan fingerprint density at radius 2 is 2.00 bits per heavy atom. The molecular weight excluding hydrogens is 166 g/mol. The first-order chi connectivity index (χ1) is 6.22. The maximum absolute atomic E-state index is 11.2. The molecule has 0 spiro atoms. The molecule has 1 saturated carbocycles. The van der Waals surface area contributed by atoms with Crippen molar-refractivity contribution in [2.45, 2.75) is 57.6 Å². The molecule has 0 heterocycles. The van der Waals surface area contributed by atoms with Crippen LogP contribution < -0.4 is 5.32 Å². The van der Waals surface area contributed by atoms with Crippen LogP contribution in [0.15, 0.2) is 0 Å². The van der Waals surface area contributed by atoms with Gasteiger partial charge < -0.3 is 10.4 Å². The van der Waals surface area contributed by atoms with Crippen molar-refractivity contribution in [3.8, 4) is 0 Å². The summed E-state index contributed by atoms with van der Waals surface area (Å²) in [7, 11) is 0. The average Bonchev–Trinajstić information content (AvgIpc) is 2.09. The molecule has 1 rings (SSSR count). The largest absolute Gasteiger partial charge is 0.393 e. The molecule has 1 amide bonds. The highest BCUT2D eigenvalue weighted by atomic mass is 16.3.